The van der Waals surface area contributed by atoms with Crippen molar-refractivity contribution in [2.24, 2.45) is 0 Å². The Kier molecular flexibility index (Phi) is 4.47. The molecule has 0 saturated carbocycles. The third-order valence-electron chi connectivity index (χ3n) is 5.69. The predicted octanol–water partition coefficient (Wildman–Crippen LogP) is 4.92. The number of nitrogens with one attached hydrogen (secondary N) is 2. The van der Waals surface area contributed by atoms with E-state index in [4.69, 9.17) is 16.3 Å². The molecule has 0 radical (unpaired) electrons. The predicted molar refractivity (Wildman–Crippen MR) is 116 cm³/mol. The number of para-hydroxylation sites is 1. The molecule has 2 aromatic carbocycles. The highest BCUT2D eigenvalue weighted by atomic mass is 35.5. The number of benzene rings is 2. The lowest BCUT2D eigenvalue weighted by atomic mass is 10.1. The number of halogens is 1. The molecule has 4 aromatic rings. The number of carbonyl (C=O) groups is 1. The van der Waals surface area contributed by atoms with Gasteiger partial charge in [0, 0.05) is 29.0 Å². The van der Waals surface area contributed by atoms with E-state index in [1.165, 1.54) is 10.9 Å². The Bertz CT molecular complexity index is 1220. The highest BCUT2D eigenvalue weighted by Gasteiger charge is 2.26. The van der Waals surface area contributed by atoms with Gasteiger partial charge in [0.2, 0.25) is 0 Å². The average Bonchev–Trinajstić information content (AvgIpc) is 3.33. The molecule has 5 nitrogen and oxygen atoms in total. The molecule has 3 heterocycles. The minimum atomic E-state index is -0.0835. The first kappa shape index (κ1) is 18.1. The van der Waals surface area contributed by atoms with Crippen LogP contribution in [-0.2, 0) is 13.0 Å². The van der Waals surface area contributed by atoms with Crippen LogP contribution in [0.15, 0.2) is 48.7 Å². The summed E-state index contributed by atoms with van der Waals surface area (Å²) in [5, 5.41) is 5.77. The number of H-pyrrole nitrogens is 1. The molecular weight excluding hydrogens is 386 g/mol. The van der Waals surface area contributed by atoms with Crippen molar-refractivity contribution < 1.29 is 9.53 Å². The van der Waals surface area contributed by atoms with Gasteiger partial charge in [-0.1, -0.05) is 36.7 Å². The van der Waals surface area contributed by atoms with Crippen LogP contribution in [0.5, 0.6) is 5.75 Å². The lowest BCUT2D eigenvalue weighted by Crippen LogP contribution is -2.32. The molecule has 29 heavy (non-hydrogen) atoms. The van der Waals surface area contributed by atoms with E-state index in [0.717, 1.165) is 35.0 Å². The number of amides is 1. The average molecular weight is 408 g/mol. The summed E-state index contributed by atoms with van der Waals surface area (Å²) in [4.78, 5) is 16.3. The molecule has 6 heteroatoms. The number of rotatable bonds is 5. The number of nitrogens with zero attached hydrogens (tertiary/aromatic N) is 1. The SMILES string of the molecule is CCC1Cn2c(C(=O)NCCc3c[nH]c4ccccc34)cc3c(Cl)ccc(c32)O1. The Morgan fingerprint density at radius 3 is 3.00 bits per heavy atom. The van der Waals surface area contributed by atoms with Gasteiger partial charge in [0.15, 0.2) is 0 Å². The minimum absolute atomic E-state index is 0.0528. The zero-order valence-corrected chi connectivity index (χ0v) is 16.9. The second-order valence-electron chi connectivity index (χ2n) is 7.46. The largest absolute Gasteiger partial charge is 0.486 e. The highest BCUT2D eigenvalue weighted by molar-refractivity contribution is 6.36. The first-order valence-electron chi connectivity index (χ1n) is 9.97. The molecule has 0 bridgehead atoms. The van der Waals surface area contributed by atoms with Gasteiger partial charge in [-0.05, 0) is 42.7 Å². The number of aromatic nitrogens is 2. The molecule has 5 rings (SSSR count). The van der Waals surface area contributed by atoms with Crippen molar-refractivity contribution in [2.45, 2.75) is 32.4 Å². The van der Waals surface area contributed by atoms with Gasteiger partial charge in [0.25, 0.3) is 5.91 Å². The van der Waals surface area contributed by atoms with E-state index < -0.39 is 0 Å². The smallest absolute Gasteiger partial charge is 0.267 e. The van der Waals surface area contributed by atoms with Gasteiger partial charge in [-0.25, -0.2) is 0 Å². The van der Waals surface area contributed by atoms with Gasteiger partial charge in [0.05, 0.1) is 17.1 Å². The van der Waals surface area contributed by atoms with Crippen LogP contribution in [-0.4, -0.2) is 28.1 Å². The molecule has 0 aliphatic carbocycles. The third kappa shape index (κ3) is 3.06. The highest BCUT2D eigenvalue weighted by Crippen LogP contribution is 2.38. The molecular formula is C23H22ClN3O2. The molecule has 1 atom stereocenters. The Balaban J connectivity index is 1.39. The number of hydrogen-bond donors (Lipinski definition) is 2. The summed E-state index contributed by atoms with van der Waals surface area (Å²) < 4.78 is 8.11. The van der Waals surface area contributed by atoms with Crippen LogP contribution in [0.25, 0.3) is 21.8 Å². The number of fused-ring (bicyclic) bond motifs is 1. The molecule has 0 saturated heterocycles. The van der Waals surface area contributed by atoms with Crippen LogP contribution in [0.4, 0.5) is 0 Å². The van der Waals surface area contributed by atoms with E-state index in [2.05, 4.69) is 33.9 Å². The fourth-order valence-electron chi connectivity index (χ4n) is 4.16. The van der Waals surface area contributed by atoms with E-state index in [0.29, 0.717) is 23.8 Å². The summed E-state index contributed by atoms with van der Waals surface area (Å²) in [6, 6.07) is 13.8. The second kappa shape index (κ2) is 7.16. The van der Waals surface area contributed by atoms with Crippen LogP contribution in [0.2, 0.25) is 5.02 Å². The summed E-state index contributed by atoms with van der Waals surface area (Å²) in [6.45, 7) is 3.31. The summed E-state index contributed by atoms with van der Waals surface area (Å²) in [5.41, 5.74) is 3.86. The minimum Gasteiger partial charge on any atom is -0.486 e. The quantitative estimate of drug-likeness (QED) is 0.493. The van der Waals surface area contributed by atoms with E-state index >= 15 is 0 Å². The van der Waals surface area contributed by atoms with Gasteiger partial charge in [-0.3, -0.25) is 4.79 Å². The topological polar surface area (TPSA) is 59.0 Å². The van der Waals surface area contributed by atoms with E-state index in [1.54, 1.807) is 0 Å². The van der Waals surface area contributed by atoms with Crippen molar-refractivity contribution in [3.8, 4) is 5.75 Å². The van der Waals surface area contributed by atoms with Crippen molar-refractivity contribution in [1.29, 1.82) is 0 Å². The first-order chi connectivity index (χ1) is 14.2. The fourth-order valence-corrected chi connectivity index (χ4v) is 4.37. The van der Waals surface area contributed by atoms with Crippen molar-refractivity contribution >= 4 is 39.3 Å². The van der Waals surface area contributed by atoms with Gasteiger partial charge >= 0.3 is 0 Å². The number of carbonyl (C=O) groups excluding carboxylic acids is 1. The molecule has 1 aliphatic heterocycles. The summed E-state index contributed by atoms with van der Waals surface area (Å²) in [6.07, 6.45) is 3.71. The fraction of sp³-hybridized carbons (Fsp3) is 0.261. The van der Waals surface area contributed by atoms with Gasteiger partial charge in [-0.15, -0.1) is 0 Å². The zero-order chi connectivity index (χ0) is 20.0. The summed E-state index contributed by atoms with van der Waals surface area (Å²) in [7, 11) is 0. The van der Waals surface area contributed by atoms with Crippen molar-refractivity contribution in [2.75, 3.05) is 6.54 Å². The van der Waals surface area contributed by atoms with Gasteiger partial charge in [-0.2, -0.15) is 0 Å². The van der Waals surface area contributed by atoms with Crippen LogP contribution in [0.1, 0.15) is 29.4 Å². The van der Waals surface area contributed by atoms with E-state index in [9.17, 15) is 4.79 Å². The second-order valence-corrected chi connectivity index (χ2v) is 7.87. The molecule has 1 unspecified atom stereocenters. The van der Waals surface area contributed by atoms with Crippen molar-refractivity contribution in [1.82, 2.24) is 14.9 Å². The van der Waals surface area contributed by atoms with E-state index in [1.807, 2.05) is 36.5 Å². The zero-order valence-electron chi connectivity index (χ0n) is 16.2. The number of hydrogen-bond acceptors (Lipinski definition) is 2. The van der Waals surface area contributed by atoms with Crippen LogP contribution >= 0.6 is 11.6 Å². The molecule has 1 amide bonds. The Hall–Kier alpha value is -2.92. The summed E-state index contributed by atoms with van der Waals surface area (Å²) in [5.74, 6) is 0.708. The monoisotopic (exact) mass is 407 g/mol. The Morgan fingerprint density at radius 2 is 2.14 bits per heavy atom. The number of aromatic amines is 1. The lowest BCUT2D eigenvalue weighted by Gasteiger charge is -2.26. The molecule has 2 N–H and O–H groups in total. The maximum absolute atomic E-state index is 13.0. The van der Waals surface area contributed by atoms with Gasteiger partial charge < -0.3 is 19.6 Å². The summed E-state index contributed by atoms with van der Waals surface area (Å²) >= 11 is 6.39. The van der Waals surface area contributed by atoms with Gasteiger partial charge in [0.1, 0.15) is 17.5 Å². The van der Waals surface area contributed by atoms with Crippen LogP contribution < -0.4 is 10.1 Å². The Morgan fingerprint density at radius 1 is 1.28 bits per heavy atom. The Labute approximate surface area is 173 Å². The lowest BCUT2D eigenvalue weighted by molar-refractivity contribution is 0.0938. The molecule has 1 aliphatic rings. The first-order valence-corrected chi connectivity index (χ1v) is 10.3. The maximum atomic E-state index is 13.0. The number of ether oxygens (including phenoxy) is 1. The van der Waals surface area contributed by atoms with Crippen molar-refractivity contribution in [3.63, 3.8) is 0 Å². The van der Waals surface area contributed by atoms with Crippen molar-refractivity contribution in [3.05, 3.63) is 64.9 Å². The molecule has 2 aromatic heterocycles. The maximum Gasteiger partial charge on any atom is 0.267 e. The molecule has 0 spiro atoms. The van der Waals surface area contributed by atoms with Crippen LogP contribution in [0.3, 0.4) is 0 Å². The van der Waals surface area contributed by atoms with E-state index in [-0.39, 0.29) is 12.0 Å². The third-order valence-corrected chi connectivity index (χ3v) is 6.02. The molecule has 0 fully saturated rings. The molecule has 148 valence electrons. The van der Waals surface area contributed by atoms with Crippen LogP contribution in [0, 0.1) is 0 Å². The normalized spacial score (nSPS) is 15.6. The standard InChI is InChI=1S/C23H22ClN3O2/c1-2-15-13-27-20(11-17-18(24)7-8-21(29-15)22(17)27)23(28)25-10-9-14-12-26-19-6-4-3-5-16(14)19/h3-8,11-12,15,26H,2,9-10,13H2,1H3,(H,25,28).